The number of aryl methyl sites for hydroxylation is 2. The van der Waals surface area contributed by atoms with Crippen molar-refractivity contribution in [3.05, 3.63) is 11.9 Å². The fourth-order valence-electron chi connectivity index (χ4n) is 1.03. The van der Waals surface area contributed by atoms with Crippen molar-refractivity contribution in [1.82, 2.24) is 14.5 Å². The van der Waals surface area contributed by atoms with Gasteiger partial charge in [-0.15, -0.1) is 0 Å². The lowest BCUT2D eigenvalue weighted by Crippen LogP contribution is -2.35. The minimum absolute atomic E-state index is 0.0567. The summed E-state index contributed by atoms with van der Waals surface area (Å²) >= 11 is 0. The van der Waals surface area contributed by atoms with Crippen LogP contribution in [0.15, 0.2) is 11.1 Å². The molecule has 1 heterocycles. The van der Waals surface area contributed by atoms with Crippen molar-refractivity contribution in [3.63, 3.8) is 0 Å². The van der Waals surface area contributed by atoms with Crippen LogP contribution in [0.25, 0.3) is 0 Å². The normalized spacial score (nSPS) is 11.3. The standard InChI is InChI=1S/C6H10N4O3S/c1-4-5(3-10(2)8-4)14(12,13)9-6(7)11/h3H,1-2H3,(H3,7,9,11). The quantitative estimate of drug-likeness (QED) is 0.669. The molecule has 0 spiro atoms. The second-order valence-corrected chi connectivity index (χ2v) is 4.37. The monoisotopic (exact) mass is 218 g/mol. The Kier molecular flexibility index (Phi) is 2.47. The lowest BCUT2D eigenvalue weighted by atomic mass is 10.5. The molecular weight excluding hydrogens is 208 g/mol. The average Bonchev–Trinajstić information content (AvgIpc) is 2.27. The molecule has 1 rings (SSSR count). The molecule has 0 saturated heterocycles. The van der Waals surface area contributed by atoms with Gasteiger partial charge in [0.25, 0.3) is 10.0 Å². The first-order valence-electron chi connectivity index (χ1n) is 3.65. The number of hydrogen-bond donors (Lipinski definition) is 2. The van der Waals surface area contributed by atoms with E-state index in [0.717, 1.165) is 0 Å². The zero-order chi connectivity index (χ0) is 10.9. The number of carbonyl (C=O) groups excluding carboxylic acids is 1. The van der Waals surface area contributed by atoms with E-state index in [9.17, 15) is 13.2 Å². The van der Waals surface area contributed by atoms with Gasteiger partial charge in [-0.3, -0.25) is 4.68 Å². The van der Waals surface area contributed by atoms with Crippen LogP contribution >= 0.6 is 0 Å². The summed E-state index contributed by atoms with van der Waals surface area (Å²) in [5.41, 5.74) is 5.02. The van der Waals surface area contributed by atoms with Crippen molar-refractivity contribution in [2.24, 2.45) is 12.8 Å². The minimum atomic E-state index is -3.88. The number of nitrogens with two attached hydrogens (primary N) is 1. The van der Waals surface area contributed by atoms with Gasteiger partial charge in [-0.05, 0) is 6.92 Å². The zero-order valence-electron chi connectivity index (χ0n) is 7.68. The highest BCUT2D eigenvalue weighted by Gasteiger charge is 2.20. The van der Waals surface area contributed by atoms with E-state index in [2.05, 4.69) is 5.10 Å². The van der Waals surface area contributed by atoms with Crippen LogP contribution < -0.4 is 10.5 Å². The van der Waals surface area contributed by atoms with E-state index >= 15 is 0 Å². The van der Waals surface area contributed by atoms with E-state index in [1.54, 1.807) is 11.8 Å². The lowest BCUT2D eigenvalue weighted by molar-refractivity contribution is 0.253. The Labute approximate surface area is 80.9 Å². The molecule has 14 heavy (non-hydrogen) atoms. The van der Waals surface area contributed by atoms with E-state index in [1.807, 2.05) is 0 Å². The number of nitrogens with zero attached hydrogens (tertiary/aromatic N) is 2. The van der Waals surface area contributed by atoms with E-state index in [4.69, 9.17) is 5.73 Å². The van der Waals surface area contributed by atoms with Gasteiger partial charge in [0, 0.05) is 13.2 Å². The maximum Gasteiger partial charge on any atom is 0.326 e. The zero-order valence-corrected chi connectivity index (χ0v) is 8.50. The first kappa shape index (κ1) is 10.5. The van der Waals surface area contributed by atoms with Crippen LogP contribution in [0.4, 0.5) is 4.79 Å². The lowest BCUT2D eigenvalue weighted by Gasteiger charge is -2.01. The minimum Gasteiger partial charge on any atom is -0.351 e. The predicted octanol–water partition coefficient (Wildman–Crippen LogP) is -0.914. The summed E-state index contributed by atoms with van der Waals surface area (Å²) in [7, 11) is -2.30. The summed E-state index contributed by atoms with van der Waals surface area (Å²) in [5.74, 6) is 0. The van der Waals surface area contributed by atoms with Crippen LogP contribution in [0.1, 0.15) is 5.69 Å². The van der Waals surface area contributed by atoms with Gasteiger partial charge in [0.05, 0.1) is 5.69 Å². The van der Waals surface area contributed by atoms with Crippen molar-refractivity contribution in [2.45, 2.75) is 11.8 Å². The van der Waals surface area contributed by atoms with Gasteiger partial charge in [0.15, 0.2) is 0 Å². The van der Waals surface area contributed by atoms with E-state index in [0.29, 0.717) is 5.69 Å². The summed E-state index contributed by atoms with van der Waals surface area (Å²) in [4.78, 5) is 10.4. The Morgan fingerprint density at radius 2 is 2.21 bits per heavy atom. The Bertz CT molecular complexity index is 461. The summed E-state index contributed by atoms with van der Waals surface area (Å²) in [6, 6.07) is -1.12. The second kappa shape index (κ2) is 3.29. The molecule has 3 N–H and O–H groups in total. The number of aromatic nitrogens is 2. The number of nitrogens with one attached hydrogen (secondary N) is 1. The molecule has 0 aliphatic heterocycles. The molecule has 0 aliphatic carbocycles. The number of carbonyl (C=O) groups is 1. The average molecular weight is 218 g/mol. The smallest absolute Gasteiger partial charge is 0.326 e. The molecule has 1 aromatic heterocycles. The number of sulfonamides is 1. The Balaban J connectivity index is 3.16. The fraction of sp³-hybridized carbons (Fsp3) is 0.333. The third-order valence-corrected chi connectivity index (χ3v) is 2.94. The SMILES string of the molecule is Cc1nn(C)cc1S(=O)(=O)NC(N)=O. The molecule has 7 nitrogen and oxygen atoms in total. The Morgan fingerprint density at radius 1 is 1.64 bits per heavy atom. The van der Waals surface area contributed by atoms with Gasteiger partial charge >= 0.3 is 6.03 Å². The number of amides is 2. The van der Waals surface area contributed by atoms with E-state index < -0.39 is 16.1 Å². The number of hydrogen-bond acceptors (Lipinski definition) is 4. The van der Waals surface area contributed by atoms with Gasteiger partial charge < -0.3 is 5.73 Å². The predicted molar refractivity (Wildman–Crippen MR) is 47.8 cm³/mol. The van der Waals surface area contributed by atoms with Crippen molar-refractivity contribution < 1.29 is 13.2 Å². The maximum absolute atomic E-state index is 11.4. The molecule has 0 radical (unpaired) electrons. The van der Waals surface area contributed by atoms with Crippen LogP contribution in [-0.4, -0.2) is 24.2 Å². The highest BCUT2D eigenvalue weighted by Crippen LogP contribution is 2.11. The van der Waals surface area contributed by atoms with Gasteiger partial charge in [-0.1, -0.05) is 0 Å². The molecule has 0 saturated carbocycles. The van der Waals surface area contributed by atoms with Gasteiger partial charge in [-0.2, -0.15) is 5.10 Å². The first-order valence-corrected chi connectivity index (χ1v) is 5.14. The maximum atomic E-state index is 11.4. The second-order valence-electron chi connectivity index (χ2n) is 2.72. The molecule has 0 aromatic carbocycles. The summed E-state index contributed by atoms with van der Waals surface area (Å²) in [6.07, 6.45) is 1.29. The Hall–Kier alpha value is -1.57. The summed E-state index contributed by atoms with van der Waals surface area (Å²) in [6.45, 7) is 1.52. The van der Waals surface area contributed by atoms with Crippen LogP contribution in [0.3, 0.4) is 0 Å². The topological polar surface area (TPSA) is 107 Å². The van der Waals surface area contributed by atoms with Crippen molar-refractivity contribution in [2.75, 3.05) is 0 Å². The van der Waals surface area contributed by atoms with Crippen LogP contribution in [0, 0.1) is 6.92 Å². The fourth-order valence-corrected chi connectivity index (χ4v) is 2.12. The van der Waals surface area contributed by atoms with Crippen LogP contribution in [0.5, 0.6) is 0 Å². The highest BCUT2D eigenvalue weighted by molar-refractivity contribution is 7.90. The third-order valence-electron chi connectivity index (χ3n) is 1.49. The van der Waals surface area contributed by atoms with Gasteiger partial charge in [0.2, 0.25) is 0 Å². The number of rotatable bonds is 2. The van der Waals surface area contributed by atoms with Crippen molar-refractivity contribution in [3.8, 4) is 0 Å². The molecule has 0 fully saturated rings. The van der Waals surface area contributed by atoms with Gasteiger partial charge in [0.1, 0.15) is 4.90 Å². The largest absolute Gasteiger partial charge is 0.351 e. The molecule has 1 aromatic rings. The Morgan fingerprint density at radius 3 is 2.57 bits per heavy atom. The number of urea groups is 1. The molecule has 0 bridgehead atoms. The molecule has 2 amide bonds. The molecular formula is C6H10N4O3S. The number of primary amides is 1. The van der Waals surface area contributed by atoms with Crippen LogP contribution in [-0.2, 0) is 17.1 Å². The molecule has 8 heteroatoms. The molecule has 0 unspecified atom stereocenters. The molecule has 78 valence electrons. The van der Waals surface area contributed by atoms with Crippen molar-refractivity contribution >= 4 is 16.1 Å². The highest BCUT2D eigenvalue weighted by atomic mass is 32.2. The van der Waals surface area contributed by atoms with E-state index in [1.165, 1.54) is 17.8 Å². The van der Waals surface area contributed by atoms with Crippen molar-refractivity contribution in [1.29, 1.82) is 0 Å². The third kappa shape index (κ3) is 2.02. The molecule has 0 atom stereocenters. The summed E-state index contributed by atoms with van der Waals surface area (Å²) < 4.78 is 25.8. The molecule has 0 aliphatic rings. The van der Waals surface area contributed by atoms with Crippen LogP contribution in [0.2, 0.25) is 0 Å². The van der Waals surface area contributed by atoms with E-state index in [-0.39, 0.29) is 4.90 Å². The van der Waals surface area contributed by atoms with Gasteiger partial charge in [-0.25, -0.2) is 17.9 Å². The first-order chi connectivity index (χ1) is 6.33. The summed E-state index contributed by atoms with van der Waals surface area (Å²) in [5, 5.41) is 3.83.